The van der Waals surface area contributed by atoms with Crippen LogP contribution in [0.1, 0.15) is 43.4 Å². The molecule has 4 bridgehead atoms. The van der Waals surface area contributed by atoms with Crippen LogP contribution in [0.4, 0.5) is 5.13 Å². The lowest BCUT2D eigenvalue weighted by Crippen LogP contribution is -2.50. The minimum Gasteiger partial charge on any atom is -0.455 e. The number of carbonyl (C=O) groups excluding carboxylic acids is 2. The monoisotopic (exact) mass is 334 g/mol. The molecule has 1 N–H and O–H groups in total. The van der Waals surface area contributed by atoms with E-state index >= 15 is 0 Å². The fourth-order valence-electron chi connectivity index (χ4n) is 5.21. The Morgan fingerprint density at radius 1 is 1.26 bits per heavy atom. The second-order valence-corrected chi connectivity index (χ2v) is 8.83. The third-order valence-corrected chi connectivity index (χ3v) is 6.50. The first-order chi connectivity index (χ1) is 11.0. The van der Waals surface area contributed by atoms with E-state index in [-0.39, 0.29) is 23.9 Å². The highest BCUT2D eigenvalue weighted by Gasteiger charge is 2.55. The van der Waals surface area contributed by atoms with Crippen LogP contribution in [0.5, 0.6) is 0 Å². The van der Waals surface area contributed by atoms with E-state index in [2.05, 4.69) is 10.3 Å². The van der Waals surface area contributed by atoms with Crippen molar-refractivity contribution < 1.29 is 14.3 Å². The molecule has 5 nitrogen and oxygen atoms in total. The fourth-order valence-corrected chi connectivity index (χ4v) is 5.89. The standard InChI is InChI=1S/C17H22N2O3S/c1-10-8-18-16(23-10)19-14(20)9-22-15(21)17-5-11-2-12(6-17)4-13(3-11)7-17/h8,11-13H,2-7,9H2,1H3,(H,18,19,20). The lowest BCUT2D eigenvalue weighted by Gasteiger charge is -2.55. The Morgan fingerprint density at radius 2 is 1.87 bits per heavy atom. The number of ether oxygens (including phenoxy) is 1. The number of esters is 1. The van der Waals surface area contributed by atoms with Gasteiger partial charge in [-0.1, -0.05) is 0 Å². The number of nitrogens with one attached hydrogen (secondary N) is 1. The van der Waals surface area contributed by atoms with Crippen LogP contribution >= 0.6 is 11.3 Å². The molecule has 1 aromatic heterocycles. The summed E-state index contributed by atoms with van der Waals surface area (Å²) < 4.78 is 5.39. The van der Waals surface area contributed by atoms with Gasteiger partial charge in [-0.2, -0.15) is 0 Å². The van der Waals surface area contributed by atoms with Crippen molar-refractivity contribution in [3.63, 3.8) is 0 Å². The average Bonchev–Trinajstić information content (AvgIpc) is 2.88. The summed E-state index contributed by atoms with van der Waals surface area (Å²) in [7, 11) is 0. The molecule has 0 unspecified atom stereocenters. The number of anilines is 1. The summed E-state index contributed by atoms with van der Waals surface area (Å²) in [5, 5.41) is 3.24. The van der Waals surface area contributed by atoms with Crippen molar-refractivity contribution in [2.75, 3.05) is 11.9 Å². The van der Waals surface area contributed by atoms with E-state index in [1.165, 1.54) is 30.6 Å². The zero-order valence-corrected chi connectivity index (χ0v) is 14.2. The van der Waals surface area contributed by atoms with Crippen molar-refractivity contribution in [1.82, 2.24) is 4.98 Å². The van der Waals surface area contributed by atoms with Crippen LogP contribution < -0.4 is 5.32 Å². The van der Waals surface area contributed by atoms with Gasteiger partial charge >= 0.3 is 5.97 Å². The number of hydrogen-bond donors (Lipinski definition) is 1. The van der Waals surface area contributed by atoms with Crippen molar-refractivity contribution in [3.8, 4) is 0 Å². The fraction of sp³-hybridized carbons (Fsp3) is 0.706. The largest absolute Gasteiger partial charge is 0.455 e. The van der Waals surface area contributed by atoms with E-state index in [0.717, 1.165) is 24.1 Å². The highest BCUT2D eigenvalue weighted by Crippen LogP contribution is 2.60. The van der Waals surface area contributed by atoms with Gasteiger partial charge < -0.3 is 4.74 Å². The Hall–Kier alpha value is -1.43. The molecule has 23 heavy (non-hydrogen) atoms. The summed E-state index contributed by atoms with van der Waals surface area (Å²) >= 11 is 1.41. The molecule has 0 saturated heterocycles. The van der Waals surface area contributed by atoms with Gasteiger partial charge in [0, 0.05) is 11.1 Å². The second kappa shape index (κ2) is 5.58. The number of nitrogens with zero attached hydrogens (tertiary/aromatic N) is 1. The van der Waals surface area contributed by atoms with Gasteiger partial charge in [0.05, 0.1) is 5.41 Å². The number of carbonyl (C=O) groups is 2. The first kappa shape index (κ1) is 15.1. The summed E-state index contributed by atoms with van der Waals surface area (Å²) in [4.78, 5) is 29.7. The SMILES string of the molecule is Cc1cnc(NC(=O)COC(=O)C23CC4CC(CC(C4)C2)C3)s1. The lowest BCUT2D eigenvalue weighted by molar-refractivity contribution is -0.172. The molecule has 0 atom stereocenters. The summed E-state index contributed by atoms with van der Waals surface area (Å²) in [6.45, 7) is 1.72. The zero-order chi connectivity index (χ0) is 16.0. The molecule has 1 heterocycles. The number of amides is 1. The number of rotatable bonds is 4. The predicted molar refractivity (Wildman–Crippen MR) is 87.0 cm³/mol. The number of thiazole rings is 1. The Labute approximate surface area is 139 Å². The second-order valence-electron chi connectivity index (χ2n) is 7.60. The molecule has 1 aromatic rings. The number of hydrogen-bond acceptors (Lipinski definition) is 5. The van der Waals surface area contributed by atoms with Crippen LogP contribution in [0.3, 0.4) is 0 Å². The van der Waals surface area contributed by atoms with Crippen molar-refractivity contribution in [2.24, 2.45) is 23.2 Å². The van der Waals surface area contributed by atoms with Gasteiger partial charge in [-0.05, 0) is 63.2 Å². The highest BCUT2D eigenvalue weighted by atomic mass is 32.1. The van der Waals surface area contributed by atoms with Gasteiger partial charge in [-0.25, -0.2) is 4.98 Å². The van der Waals surface area contributed by atoms with E-state index in [0.29, 0.717) is 22.9 Å². The Kier molecular flexibility index (Phi) is 3.67. The van der Waals surface area contributed by atoms with Gasteiger partial charge in [0.25, 0.3) is 5.91 Å². The molecule has 0 aliphatic heterocycles. The predicted octanol–water partition coefficient (Wildman–Crippen LogP) is 3.15. The summed E-state index contributed by atoms with van der Waals surface area (Å²) in [6.07, 6.45) is 8.46. The molecule has 4 aliphatic carbocycles. The molecule has 4 aliphatic rings. The summed E-state index contributed by atoms with van der Waals surface area (Å²) in [5.41, 5.74) is -0.299. The van der Waals surface area contributed by atoms with Crippen molar-refractivity contribution in [3.05, 3.63) is 11.1 Å². The van der Waals surface area contributed by atoms with E-state index in [1.54, 1.807) is 6.20 Å². The van der Waals surface area contributed by atoms with Gasteiger partial charge in [0.15, 0.2) is 11.7 Å². The molecule has 124 valence electrons. The van der Waals surface area contributed by atoms with Gasteiger partial charge in [-0.15, -0.1) is 11.3 Å². The third-order valence-electron chi connectivity index (χ3n) is 5.67. The van der Waals surface area contributed by atoms with Crippen LogP contribution in [0.15, 0.2) is 6.20 Å². The van der Waals surface area contributed by atoms with Crippen LogP contribution in [0.2, 0.25) is 0 Å². The molecule has 0 aromatic carbocycles. The molecular formula is C17H22N2O3S. The van der Waals surface area contributed by atoms with E-state index < -0.39 is 0 Å². The van der Waals surface area contributed by atoms with Crippen molar-refractivity contribution in [2.45, 2.75) is 45.4 Å². The minimum atomic E-state index is -0.308. The maximum atomic E-state index is 12.6. The first-order valence-corrected chi connectivity index (χ1v) is 9.23. The molecule has 0 radical (unpaired) electrons. The van der Waals surface area contributed by atoms with Crippen LogP contribution in [0, 0.1) is 30.1 Å². The van der Waals surface area contributed by atoms with Crippen molar-refractivity contribution >= 4 is 28.3 Å². The Balaban J connectivity index is 1.34. The molecule has 5 rings (SSSR count). The first-order valence-electron chi connectivity index (χ1n) is 8.42. The van der Waals surface area contributed by atoms with E-state index in [1.807, 2.05) is 6.92 Å². The van der Waals surface area contributed by atoms with Gasteiger partial charge in [0.1, 0.15) is 0 Å². The summed E-state index contributed by atoms with van der Waals surface area (Å²) in [5.74, 6) is 1.63. The van der Waals surface area contributed by atoms with Crippen LogP contribution in [-0.2, 0) is 14.3 Å². The Bertz CT molecular complexity index is 604. The summed E-state index contributed by atoms with van der Waals surface area (Å²) in [6, 6.07) is 0. The quantitative estimate of drug-likeness (QED) is 0.859. The molecule has 1 amide bonds. The molecule has 6 heteroatoms. The number of aromatic nitrogens is 1. The van der Waals surface area contributed by atoms with Gasteiger partial charge in [0.2, 0.25) is 0 Å². The van der Waals surface area contributed by atoms with Crippen molar-refractivity contribution in [1.29, 1.82) is 0 Å². The Morgan fingerprint density at radius 3 is 2.39 bits per heavy atom. The average molecular weight is 334 g/mol. The smallest absolute Gasteiger partial charge is 0.312 e. The third kappa shape index (κ3) is 2.89. The zero-order valence-electron chi connectivity index (χ0n) is 13.3. The normalized spacial score (nSPS) is 34.4. The molecule has 0 spiro atoms. The lowest BCUT2D eigenvalue weighted by atomic mass is 9.49. The molecular weight excluding hydrogens is 312 g/mol. The van der Waals surface area contributed by atoms with E-state index in [4.69, 9.17) is 4.74 Å². The van der Waals surface area contributed by atoms with E-state index in [9.17, 15) is 9.59 Å². The van der Waals surface area contributed by atoms with Crippen LogP contribution in [-0.4, -0.2) is 23.5 Å². The minimum absolute atomic E-state index is 0.151. The van der Waals surface area contributed by atoms with Crippen LogP contribution in [0.25, 0.3) is 0 Å². The maximum absolute atomic E-state index is 12.6. The molecule has 4 fully saturated rings. The highest BCUT2D eigenvalue weighted by molar-refractivity contribution is 7.15. The molecule has 4 saturated carbocycles. The number of aryl methyl sites for hydroxylation is 1. The van der Waals surface area contributed by atoms with Gasteiger partial charge in [-0.3, -0.25) is 14.9 Å². The topological polar surface area (TPSA) is 68.3 Å². The maximum Gasteiger partial charge on any atom is 0.312 e.